The maximum absolute atomic E-state index is 12.5. The Morgan fingerprint density at radius 2 is 2.12 bits per heavy atom. The summed E-state index contributed by atoms with van der Waals surface area (Å²) in [5, 5.41) is 11.5. The standard InChI is InChI=1S/C18H20BrN5O/c1-12-5-4-6-15(9-12)11-23-8-7-17(22-23)21-18(25)14(3)24-13(2)16(19)10-20-24/h4-10,14H,11H2,1-3H3,(H,21,22,25). The van der Waals surface area contributed by atoms with Crippen LogP contribution in [0.3, 0.4) is 0 Å². The molecule has 0 aliphatic heterocycles. The zero-order valence-electron chi connectivity index (χ0n) is 14.4. The first-order valence-electron chi connectivity index (χ1n) is 8.03. The molecular formula is C18H20BrN5O. The SMILES string of the molecule is Cc1cccc(Cn2ccc(NC(=O)C(C)n3ncc(Br)c3C)n2)c1. The maximum Gasteiger partial charge on any atom is 0.250 e. The third-order valence-electron chi connectivity index (χ3n) is 4.05. The predicted molar refractivity (Wildman–Crippen MR) is 101 cm³/mol. The molecule has 0 aliphatic rings. The molecule has 25 heavy (non-hydrogen) atoms. The van der Waals surface area contributed by atoms with Crippen LogP contribution in [0.2, 0.25) is 0 Å². The number of nitrogens with one attached hydrogen (secondary N) is 1. The van der Waals surface area contributed by atoms with Gasteiger partial charge in [0.2, 0.25) is 5.91 Å². The molecule has 0 radical (unpaired) electrons. The number of nitrogens with zero attached hydrogens (tertiary/aromatic N) is 4. The van der Waals surface area contributed by atoms with Crippen LogP contribution in [0.15, 0.2) is 47.2 Å². The van der Waals surface area contributed by atoms with E-state index in [0.717, 1.165) is 10.2 Å². The zero-order chi connectivity index (χ0) is 18.0. The highest BCUT2D eigenvalue weighted by molar-refractivity contribution is 9.10. The molecule has 1 N–H and O–H groups in total. The average molecular weight is 402 g/mol. The molecule has 0 aliphatic carbocycles. The van der Waals surface area contributed by atoms with Gasteiger partial charge in [0.05, 0.1) is 22.9 Å². The third-order valence-corrected chi connectivity index (χ3v) is 4.83. The second kappa shape index (κ2) is 7.23. The number of carbonyl (C=O) groups excluding carboxylic acids is 1. The van der Waals surface area contributed by atoms with Gasteiger partial charge in [0.25, 0.3) is 0 Å². The fraction of sp³-hybridized carbons (Fsp3) is 0.278. The van der Waals surface area contributed by atoms with Gasteiger partial charge in [-0.1, -0.05) is 29.8 Å². The van der Waals surface area contributed by atoms with E-state index in [2.05, 4.69) is 56.6 Å². The summed E-state index contributed by atoms with van der Waals surface area (Å²) in [5.41, 5.74) is 3.30. The number of rotatable bonds is 5. The molecular weight excluding hydrogens is 382 g/mol. The van der Waals surface area contributed by atoms with Crippen molar-refractivity contribution in [3.8, 4) is 0 Å². The van der Waals surface area contributed by atoms with Gasteiger partial charge in [-0.25, -0.2) is 0 Å². The Kier molecular flexibility index (Phi) is 5.03. The lowest BCUT2D eigenvalue weighted by Crippen LogP contribution is -2.25. The van der Waals surface area contributed by atoms with Gasteiger partial charge in [0.1, 0.15) is 6.04 Å². The normalized spacial score (nSPS) is 12.2. The summed E-state index contributed by atoms with van der Waals surface area (Å²) in [6, 6.07) is 9.66. The number of halogens is 1. The number of aromatic nitrogens is 4. The van der Waals surface area contributed by atoms with Gasteiger partial charge in [0.15, 0.2) is 5.82 Å². The largest absolute Gasteiger partial charge is 0.307 e. The molecule has 1 aromatic carbocycles. The molecule has 7 heteroatoms. The van der Waals surface area contributed by atoms with E-state index in [4.69, 9.17) is 0 Å². The lowest BCUT2D eigenvalue weighted by Gasteiger charge is -2.13. The molecule has 0 saturated carbocycles. The Labute approximate surface area is 155 Å². The molecule has 6 nitrogen and oxygen atoms in total. The number of anilines is 1. The number of aryl methyl sites for hydroxylation is 1. The van der Waals surface area contributed by atoms with Gasteiger partial charge in [-0.3, -0.25) is 14.2 Å². The molecule has 0 bridgehead atoms. The highest BCUT2D eigenvalue weighted by atomic mass is 79.9. The van der Waals surface area contributed by atoms with E-state index in [0.29, 0.717) is 12.4 Å². The predicted octanol–water partition coefficient (Wildman–Crippen LogP) is 3.71. The minimum Gasteiger partial charge on any atom is -0.307 e. The maximum atomic E-state index is 12.5. The van der Waals surface area contributed by atoms with Crippen molar-refractivity contribution in [2.24, 2.45) is 0 Å². The monoisotopic (exact) mass is 401 g/mol. The summed E-state index contributed by atoms with van der Waals surface area (Å²) < 4.78 is 4.38. The quantitative estimate of drug-likeness (QED) is 0.708. The van der Waals surface area contributed by atoms with E-state index >= 15 is 0 Å². The number of hydrogen-bond acceptors (Lipinski definition) is 3. The Bertz CT molecular complexity index is 899. The zero-order valence-corrected chi connectivity index (χ0v) is 16.0. The van der Waals surface area contributed by atoms with Crippen LogP contribution in [-0.2, 0) is 11.3 Å². The second-order valence-electron chi connectivity index (χ2n) is 6.08. The first kappa shape index (κ1) is 17.4. The van der Waals surface area contributed by atoms with Crippen molar-refractivity contribution >= 4 is 27.7 Å². The van der Waals surface area contributed by atoms with Gasteiger partial charge in [-0.15, -0.1) is 0 Å². The summed E-state index contributed by atoms with van der Waals surface area (Å²) >= 11 is 3.41. The molecule has 0 saturated heterocycles. The summed E-state index contributed by atoms with van der Waals surface area (Å²) in [7, 11) is 0. The number of hydrogen-bond donors (Lipinski definition) is 1. The van der Waals surface area contributed by atoms with Gasteiger partial charge >= 0.3 is 0 Å². The van der Waals surface area contributed by atoms with E-state index in [9.17, 15) is 4.79 Å². The van der Waals surface area contributed by atoms with Crippen molar-refractivity contribution in [2.75, 3.05) is 5.32 Å². The van der Waals surface area contributed by atoms with E-state index < -0.39 is 6.04 Å². The molecule has 3 aromatic rings. The minimum atomic E-state index is -0.423. The van der Waals surface area contributed by atoms with Gasteiger partial charge in [-0.2, -0.15) is 10.2 Å². The summed E-state index contributed by atoms with van der Waals surface area (Å²) in [6.45, 7) is 6.45. The van der Waals surface area contributed by atoms with Crippen molar-refractivity contribution < 1.29 is 4.79 Å². The lowest BCUT2D eigenvalue weighted by molar-refractivity contribution is -0.119. The van der Waals surface area contributed by atoms with Crippen LogP contribution in [0.1, 0.15) is 29.8 Å². The van der Waals surface area contributed by atoms with Crippen molar-refractivity contribution in [1.29, 1.82) is 0 Å². The van der Waals surface area contributed by atoms with Gasteiger partial charge in [-0.05, 0) is 42.3 Å². The molecule has 1 amide bonds. The smallest absolute Gasteiger partial charge is 0.250 e. The Balaban J connectivity index is 1.66. The van der Waals surface area contributed by atoms with Crippen LogP contribution in [0.5, 0.6) is 0 Å². The fourth-order valence-electron chi connectivity index (χ4n) is 2.65. The van der Waals surface area contributed by atoms with Crippen LogP contribution in [0, 0.1) is 13.8 Å². The van der Waals surface area contributed by atoms with Crippen molar-refractivity contribution in [1.82, 2.24) is 19.6 Å². The van der Waals surface area contributed by atoms with Crippen LogP contribution in [0.25, 0.3) is 0 Å². The highest BCUT2D eigenvalue weighted by Crippen LogP contribution is 2.19. The second-order valence-corrected chi connectivity index (χ2v) is 6.93. The summed E-state index contributed by atoms with van der Waals surface area (Å²) in [4.78, 5) is 12.5. The molecule has 2 heterocycles. The average Bonchev–Trinajstić information content (AvgIpc) is 3.14. The van der Waals surface area contributed by atoms with Crippen LogP contribution in [-0.4, -0.2) is 25.5 Å². The van der Waals surface area contributed by atoms with Gasteiger partial charge in [0, 0.05) is 12.3 Å². The fourth-order valence-corrected chi connectivity index (χ4v) is 2.92. The van der Waals surface area contributed by atoms with Crippen molar-refractivity contribution in [2.45, 2.75) is 33.4 Å². The van der Waals surface area contributed by atoms with Crippen molar-refractivity contribution in [3.63, 3.8) is 0 Å². The Morgan fingerprint density at radius 1 is 1.32 bits per heavy atom. The topological polar surface area (TPSA) is 64.7 Å². The van der Waals surface area contributed by atoms with Crippen molar-refractivity contribution in [3.05, 3.63) is 64.0 Å². The first-order chi connectivity index (χ1) is 11.9. The number of benzene rings is 1. The molecule has 0 spiro atoms. The molecule has 1 atom stereocenters. The van der Waals surface area contributed by atoms with Crippen LogP contribution in [0.4, 0.5) is 5.82 Å². The van der Waals surface area contributed by atoms with E-state index in [-0.39, 0.29) is 5.91 Å². The number of carbonyl (C=O) groups is 1. The Hall–Kier alpha value is -2.41. The molecule has 0 fully saturated rings. The van der Waals surface area contributed by atoms with Crippen LogP contribution < -0.4 is 5.32 Å². The lowest BCUT2D eigenvalue weighted by atomic mass is 10.1. The minimum absolute atomic E-state index is 0.153. The van der Waals surface area contributed by atoms with E-state index in [1.54, 1.807) is 16.9 Å². The highest BCUT2D eigenvalue weighted by Gasteiger charge is 2.19. The van der Waals surface area contributed by atoms with E-state index in [1.807, 2.05) is 30.8 Å². The molecule has 130 valence electrons. The third kappa shape index (κ3) is 3.99. The van der Waals surface area contributed by atoms with E-state index in [1.165, 1.54) is 11.1 Å². The molecule has 3 rings (SSSR count). The first-order valence-corrected chi connectivity index (χ1v) is 8.83. The summed E-state index contributed by atoms with van der Waals surface area (Å²) in [5.74, 6) is 0.382. The van der Waals surface area contributed by atoms with Gasteiger partial charge < -0.3 is 5.32 Å². The van der Waals surface area contributed by atoms with Crippen LogP contribution >= 0.6 is 15.9 Å². The molecule has 1 unspecified atom stereocenters. The Morgan fingerprint density at radius 3 is 2.80 bits per heavy atom. The molecule has 2 aromatic heterocycles. The number of amides is 1. The summed E-state index contributed by atoms with van der Waals surface area (Å²) in [6.07, 6.45) is 3.55.